The molecule has 0 spiro atoms. The summed E-state index contributed by atoms with van der Waals surface area (Å²) in [6.45, 7) is 3.51. The summed E-state index contributed by atoms with van der Waals surface area (Å²) in [5.41, 5.74) is 0.648. The molecular weight excluding hydrogens is 142 g/mol. The molecule has 1 N–H and O–H groups in total. The quantitative estimate of drug-likeness (QED) is 0.590. The van der Waals surface area contributed by atoms with Crippen molar-refractivity contribution in [1.82, 2.24) is 5.32 Å². The summed E-state index contributed by atoms with van der Waals surface area (Å²) in [6, 6.07) is 0. The van der Waals surface area contributed by atoms with Gasteiger partial charge in [0.1, 0.15) is 5.94 Å². The number of ether oxygens (including phenoxy) is 1. The van der Waals surface area contributed by atoms with Crippen LogP contribution in [-0.2, 0) is 9.53 Å². The van der Waals surface area contributed by atoms with Gasteiger partial charge in [-0.2, -0.15) is 0 Å². The molecule has 1 aliphatic heterocycles. The van der Waals surface area contributed by atoms with Crippen molar-refractivity contribution < 1.29 is 9.53 Å². The Morgan fingerprint density at radius 2 is 2.64 bits per heavy atom. The van der Waals surface area contributed by atoms with Crippen molar-refractivity contribution in [1.29, 1.82) is 0 Å². The van der Waals surface area contributed by atoms with Crippen LogP contribution in [0.25, 0.3) is 0 Å². The topological polar surface area (TPSA) is 38.3 Å². The first-order valence-electron chi connectivity index (χ1n) is 3.96. The van der Waals surface area contributed by atoms with Gasteiger partial charge in [-0.3, -0.25) is 0 Å². The van der Waals surface area contributed by atoms with Crippen molar-refractivity contribution in [3.8, 4) is 0 Å². The lowest BCUT2D eigenvalue weighted by Gasteiger charge is -2.23. The van der Waals surface area contributed by atoms with Crippen LogP contribution >= 0.6 is 0 Å². The highest BCUT2D eigenvalue weighted by Gasteiger charge is 2.16. The molecule has 1 rings (SSSR count). The maximum absolute atomic E-state index is 10.2. The first-order chi connectivity index (χ1) is 5.36. The fraction of sp³-hybridized carbons (Fsp3) is 0.750. The maximum Gasteiger partial charge on any atom is 0.145 e. The molecule has 1 atom stereocenters. The van der Waals surface area contributed by atoms with Crippen LogP contribution in [0.3, 0.4) is 0 Å². The van der Waals surface area contributed by atoms with Crippen molar-refractivity contribution in [2.24, 2.45) is 0 Å². The van der Waals surface area contributed by atoms with Crippen LogP contribution in [-0.4, -0.2) is 25.2 Å². The molecule has 1 aliphatic rings. The zero-order valence-corrected chi connectivity index (χ0v) is 6.72. The third-order valence-corrected chi connectivity index (χ3v) is 1.76. The van der Waals surface area contributed by atoms with E-state index in [9.17, 15) is 4.79 Å². The molecular formula is C8H13NO2. The zero-order valence-electron chi connectivity index (χ0n) is 6.72. The molecule has 1 fully saturated rings. The van der Waals surface area contributed by atoms with Gasteiger partial charge in [0.2, 0.25) is 0 Å². The van der Waals surface area contributed by atoms with Gasteiger partial charge in [-0.15, -0.1) is 0 Å². The molecule has 3 heteroatoms. The molecule has 1 saturated heterocycles. The molecule has 0 aromatic rings. The number of hydrogen-bond donors (Lipinski definition) is 1. The highest BCUT2D eigenvalue weighted by Crippen LogP contribution is 2.12. The first kappa shape index (κ1) is 8.31. The second kappa shape index (κ2) is 4.16. The summed E-state index contributed by atoms with van der Waals surface area (Å²) < 4.78 is 5.38. The molecule has 0 aromatic heterocycles. The van der Waals surface area contributed by atoms with Crippen LogP contribution in [0, 0.1) is 0 Å². The van der Waals surface area contributed by atoms with Crippen molar-refractivity contribution >= 4 is 5.94 Å². The Bertz CT molecular complexity index is 171. The molecule has 62 valence electrons. The van der Waals surface area contributed by atoms with E-state index in [4.69, 9.17) is 4.74 Å². The van der Waals surface area contributed by atoms with Gasteiger partial charge in [-0.25, -0.2) is 4.79 Å². The minimum absolute atomic E-state index is 0.220. The standard InChI is InChI=1S/C8H13NO2/c1-2-11-8-3-4-9-7(5-8)6-10/h8-9H,2-5H2,1H3. The summed E-state index contributed by atoms with van der Waals surface area (Å²) in [7, 11) is 0. The van der Waals surface area contributed by atoms with Gasteiger partial charge >= 0.3 is 0 Å². The average molecular weight is 155 g/mol. The van der Waals surface area contributed by atoms with Crippen molar-refractivity contribution in [3.05, 3.63) is 5.70 Å². The summed E-state index contributed by atoms with van der Waals surface area (Å²) in [6.07, 6.45) is 1.90. The summed E-state index contributed by atoms with van der Waals surface area (Å²) in [4.78, 5) is 10.2. The van der Waals surface area contributed by atoms with Gasteiger partial charge in [0.25, 0.3) is 0 Å². The number of hydrogen-bond acceptors (Lipinski definition) is 3. The van der Waals surface area contributed by atoms with Crippen LogP contribution < -0.4 is 5.32 Å². The van der Waals surface area contributed by atoms with E-state index < -0.39 is 0 Å². The number of piperidine rings is 1. The summed E-state index contributed by atoms with van der Waals surface area (Å²) in [5, 5.41) is 2.97. The largest absolute Gasteiger partial charge is 0.379 e. The van der Waals surface area contributed by atoms with Crippen LogP contribution in [0.1, 0.15) is 19.8 Å². The number of nitrogens with one attached hydrogen (secondary N) is 1. The van der Waals surface area contributed by atoms with E-state index in [-0.39, 0.29) is 6.10 Å². The van der Waals surface area contributed by atoms with E-state index in [0.717, 1.165) is 19.6 Å². The first-order valence-corrected chi connectivity index (χ1v) is 3.96. The second-order valence-corrected chi connectivity index (χ2v) is 2.58. The minimum atomic E-state index is 0.220. The van der Waals surface area contributed by atoms with E-state index in [2.05, 4.69) is 5.32 Å². The molecule has 0 bridgehead atoms. The van der Waals surface area contributed by atoms with E-state index >= 15 is 0 Å². The van der Waals surface area contributed by atoms with Gasteiger partial charge < -0.3 is 10.1 Å². The SMILES string of the molecule is CCOC1CCNC(=C=O)C1. The third-order valence-electron chi connectivity index (χ3n) is 1.76. The van der Waals surface area contributed by atoms with Crippen molar-refractivity contribution in [3.63, 3.8) is 0 Å². The van der Waals surface area contributed by atoms with E-state index in [1.807, 2.05) is 12.9 Å². The van der Waals surface area contributed by atoms with Crippen molar-refractivity contribution in [2.45, 2.75) is 25.9 Å². The molecule has 1 unspecified atom stereocenters. The fourth-order valence-corrected chi connectivity index (χ4v) is 1.24. The molecule has 3 nitrogen and oxygen atoms in total. The van der Waals surface area contributed by atoms with E-state index in [0.29, 0.717) is 12.1 Å². The predicted molar refractivity (Wildman–Crippen MR) is 41.9 cm³/mol. The Hall–Kier alpha value is -0.790. The molecule has 0 amide bonds. The van der Waals surface area contributed by atoms with E-state index in [1.54, 1.807) is 0 Å². The average Bonchev–Trinajstić information content (AvgIpc) is 2.06. The highest BCUT2D eigenvalue weighted by atomic mass is 16.5. The molecule has 0 aliphatic carbocycles. The van der Waals surface area contributed by atoms with Crippen LogP contribution in [0.15, 0.2) is 5.70 Å². The van der Waals surface area contributed by atoms with Gasteiger partial charge in [-0.1, -0.05) is 0 Å². The smallest absolute Gasteiger partial charge is 0.145 e. The Labute approximate surface area is 66.4 Å². The molecule has 1 heterocycles. The fourth-order valence-electron chi connectivity index (χ4n) is 1.24. The highest BCUT2D eigenvalue weighted by molar-refractivity contribution is 5.51. The molecule has 0 aromatic carbocycles. The number of rotatable bonds is 2. The Morgan fingerprint density at radius 1 is 1.82 bits per heavy atom. The lowest BCUT2D eigenvalue weighted by atomic mass is 10.1. The molecule has 11 heavy (non-hydrogen) atoms. The normalized spacial score (nSPS) is 24.1. The third kappa shape index (κ3) is 2.37. The Balaban J connectivity index is 2.39. The van der Waals surface area contributed by atoms with Crippen molar-refractivity contribution in [2.75, 3.05) is 13.2 Å². The Morgan fingerprint density at radius 3 is 3.27 bits per heavy atom. The van der Waals surface area contributed by atoms with Gasteiger partial charge in [0.15, 0.2) is 0 Å². The van der Waals surface area contributed by atoms with Crippen LogP contribution in [0.2, 0.25) is 0 Å². The monoisotopic (exact) mass is 155 g/mol. The number of carbonyl (C=O) groups excluding carboxylic acids is 1. The van der Waals surface area contributed by atoms with Gasteiger partial charge in [0, 0.05) is 19.6 Å². The summed E-state index contributed by atoms with van der Waals surface area (Å²) >= 11 is 0. The Kier molecular flexibility index (Phi) is 3.14. The molecule has 0 saturated carbocycles. The minimum Gasteiger partial charge on any atom is -0.379 e. The van der Waals surface area contributed by atoms with Gasteiger partial charge in [0.05, 0.1) is 11.8 Å². The van der Waals surface area contributed by atoms with E-state index in [1.165, 1.54) is 0 Å². The zero-order chi connectivity index (χ0) is 8.10. The van der Waals surface area contributed by atoms with Crippen LogP contribution in [0.4, 0.5) is 0 Å². The lowest BCUT2D eigenvalue weighted by molar-refractivity contribution is 0.0497. The second-order valence-electron chi connectivity index (χ2n) is 2.58. The lowest BCUT2D eigenvalue weighted by Crippen LogP contribution is -2.31. The van der Waals surface area contributed by atoms with Crippen LogP contribution in [0.5, 0.6) is 0 Å². The molecule has 0 radical (unpaired) electrons. The van der Waals surface area contributed by atoms with Gasteiger partial charge in [-0.05, 0) is 13.3 Å². The summed E-state index contributed by atoms with van der Waals surface area (Å²) in [5.74, 6) is 1.87. The maximum atomic E-state index is 10.2. The predicted octanol–water partition coefficient (Wildman–Crippen LogP) is 0.490.